The fourth-order valence-corrected chi connectivity index (χ4v) is 2.68. The highest BCUT2D eigenvalue weighted by Gasteiger charge is 2.14. The molecule has 10 nitrogen and oxygen atoms in total. The molecule has 0 unspecified atom stereocenters. The second-order valence-electron chi connectivity index (χ2n) is 6.69. The summed E-state index contributed by atoms with van der Waals surface area (Å²) in [5.74, 6) is -2.19. The third kappa shape index (κ3) is 9.55. The van der Waals surface area contributed by atoms with Crippen molar-refractivity contribution in [2.45, 2.75) is 27.1 Å². The summed E-state index contributed by atoms with van der Waals surface area (Å²) in [6.45, 7) is 2.33. The van der Waals surface area contributed by atoms with Gasteiger partial charge in [0.25, 0.3) is 0 Å². The van der Waals surface area contributed by atoms with Gasteiger partial charge >= 0.3 is 11.9 Å². The van der Waals surface area contributed by atoms with Crippen molar-refractivity contribution < 1.29 is 57.0 Å². The molecule has 0 atom stereocenters. The van der Waals surface area contributed by atoms with Crippen LogP contribution in [0.3, 0.4) is 0 Å². The van der Waals surface area contributed by atoms with Gasteiger partial charge in [0.2, 0.25) is 0 Å². The maximum absolute atomic E-state index is 13.5. The highest BCUT2D eigenvalue weighted by atomic mass is 19.1. The van der Waals surface area contributed by atoms with Crippen LogP contribution in [0.5, 0.6) is 23.0 Å². The van der Waals surface area contributed by atoms with E-state index in [4.69, 9.17) is 29.2 Å². The predicted octanol–water partition coefficient (Wildman–Crippen LogP) is 2.54. The van der Waals surface area contributed by atoms with E-state index in [1.54, 1.807) is 13.8 Å². The van der Waals surface area contributed by atoms with Crippen molar-refractivity contribution in [2.24, 2.45) is 0 Å². The molecule has 2 rings (SSSR count). The van der Waals surface area contributed by atoms with E-state index < -0.39 is 23.6 Å². The van der Waals surface area contributed by atoms with Crippen LogP contribution in [-0.4, -0.2) is 62.8 Å². The standard InChI is InChI=1S/2C12H15FO5/c2*1-3-17-12(15)7-18-11-5-10(16-2)8(6-14)4-9(11)13/h2*4-5,14H,3,6-7H2,1-2H3. The average molecular weight is 516 g/mol. The van der Waals surface area contributed by atoms with E-state index in [1.165, 1.54) is 26.4 Å². The Bertz CT molecular complexity index is 918. The van der Waals surface area contributed by atoms with E-state index in [2.05, 4.69) is 9.47 Å². The van der Waals surface area contributed by atoms with Crippen molar-refractivity contribution in [1.82, 2.24) is 0 Å². The number of hydrogen-bond acceptors (Lipinski definition) is 10. The predicted molar refractivity (Wildman–Crippen MR) is 122 cm³/mol. The molecule has 0 amide bonds. The first-order valence-electron chi connectivity index (χ1n) is 10.8. The molecular weight excluding hydrogens is 486 g/mol. The van der Waals surface area contributed by atoms with E-state index in [-0.39, 0.29) is 62.6 Å². The van der Waals surface area contributed by atoms with Crippen LogP contribution >= 0.6 is 0 Å². The molecule has 12 heteroatoms. The lowest BCUT2D eigenvalue weighted by atomic mass is 10.2. The minimum atomic E-state index is -0.677. The highest BCUT2D eigenvalue weighted by Crippen LogP contribution is 2.29. The molecule has 0 bridgehead atoms. The maximum atomic E-state index is 13.5. The minimum Gasteiger partial charge on any atom is -0.496 e. The summed E-state index contributed by atoms with van der Waals surface area (Å²) in [6.07, 6.45) is 0. The normalized spacial score (nSPS) is 10.0. The Kier molecular flexibility index (Phi) is 13.6. The van der Waals surface area contributed by atoms with Gasteiger partial charge in [0, 0.05) is 23.3 Å². The number of aliphatic hydroxyl groups is 2. The number of carbonyl (C=O) groups is 2. The van der Waals surface area contributed by atoms with Gasteiger partial charge in [-0.25, -0.2) is 18.4 Å². The SMILES string of the molecule is CCOC(=O)COc1cc(OC)c(CO)cc1F.CCOC(=O)COc1cc(OC)c(CO)cc1F. The van der Waals surface area contributed by atoms with Crippen molar-refractivity contribution in [3.05, 3.63) is 47.0 Å². The van der Waals surface area contributed by atoms with Gasteiger partial charge < -0.3 is 38.6 Å². The van der Waals surface area contributed by atoms with Crippen LogP contribution < -0.4 is 18.9 Å². The van der Waals surface area contributed by atoms with E-state index in [1.807, 2.05) is 0 Å². The van der Waals surface area contributed by atoms with E-state index >= 15 is 0 Å². The molecule has 0 saturated carbocycles. The third-order valence-corrected chi connectivity index (χ3v) is 4.31. The molecule has 0 aliphatic rings. The van der Waals surface area contributed by atoms with Gasteiger partial charge in [0.1, 0.15) is 11.5 Å². The Morgan fingerprint density at radius 2 is 1.06 bits per heavy atom. The van der Waals surface area contributed by atoms with E-state index in [9.17, 15) is 18.4 Å². The molecule has 0 spiro atoms. The number of carbonyl (C=O) groups excluding carboxylic acids is 2. The number of rotatable bonds is 12. The summed E-state index contributed by atoms with van der Waals surface area (Å²) in [6, 6.07) is 4.75. The van der Waals surface area contributed by atoms with Gasteiger partial charge in [-0.15, -0.1) is 0 Å². The van der Waals surface area contributed by atoms with Gasteiger partial charge in [0.05, 0.1) is 40.6 Å². The molecule has 0 radical (unpaired) electrons. The van der Waals surface area contributed by atoms with Crippen molar-refractivity contribution >= 4 is 11.9 Å². The van der Waals surface area contributed by atoms with Crippen LogP contribution in [0.25, 0.3) is 0 Å². The third-order valence-electron chi connectivity index (χ3n) is 4.31. The maximum Gasteiger partial charge on any atom is 0.344 e. The Hall–Kier alpha value is -3.64. The summed E-state index contributed by atoms with van der Waals surface area (Å²) in [7, 11) is 2.78. The second kappa shape index (κ2) is 16.1. The lowest BCUT2D eigenvalue weighted by Crippen LogP contribution is -2.15. The molecule has 36 heavy (non-hydrogen) atoms. The largest absolute Gasteiger partial charge is 0.496 e. The van der Waals surface area contributed by atoms with Crippen LogP contribution in [0.15, 0.2) is 24.3 Å². The number of aliphatic hydroxyl groups excluding tert-OH is 2. The van der Waals surface area contributed by atoms with Gasteiger partial charge in [0.15, 0.2) is 36.3 Å². The van der Waals surface area contributed by atoms with Gasteiger partial charge in [-0.3, -0.25) is 0 Å². The molecule has 0 aromatic heterocycles. The molecule has 0 fully saturated rings. The van der Waals surface area contributed by atoms with Crippen LogP contribution in [0.2, 0.25) is 0 Å². The Balaban J connectivity index is 0.000000360. The highest BCUT2D eigenvalue weighted by molar-refractivity contribution is 5.71. The number of hydrogen-bond donors (Lipinski definition) is 2. The lowest BCUT2D eigenvalue weighted by Gasteiger charge is -2.11. The average Bonchev–Trinajstić information content (AvgIpc) is 2.87. The summed E-state index contributed by atoms with van der Waals surface area (Å²) in [4.78, 5) is 22.1. The van der Waals surface area contributed by atoms with Crippen molar-refractivity contribution in [1.29, 1.82) is 0 Å². The Morgan fingerprint density at radius 1 is 0.694 bits per heavy atom. The molecule has 200 valence electrons. The molecule has 0 aliphatic carbocycles. The van der Waals surface area contributed by atoms with Crippen molar-refractivity contribution in [2.75, 3.05) is 40.6 Å². The smallest absolute Gasteiger partial charge is 0.344 e. The Morgan fingerprint density at radius 3 is 1.33 bits per heavy atom. The summed E-state index contributed by atoms with van der Waals surface area (Å²) < 4.78 is 56.3. The zero-order valence-corrected chi connectivity index (χ0v) is 20.5. The van der Waals surface area contributed by atoms with Crippen LogP contribution in [0, 0.1) is 11.6 Å². The number of halogens is 2. The van der Waals surface area contributed by atoms with Gasteiger partial charge in [-0.1, -0.05) is 0 Å². The first-order valence-corrected chi connectivity index (χ1v) is 10.8. The number of esters is 2. The Labute approximate surface area is 207 Å². The summed E-state index contributed by atoms with van der Waals surface area (Å²) >= 11 is 0. The number of ether oxygens (including phenoxy) is 6. The lowest BCUT2D eigenvalue weighted by molar-refractivity contribution is -0.146. The second-order valence-corrected chi connectivity index (χ2v) is 6.69. The van der Waals surface area contributed by atoms with Crippen LogP contribution in [0.4, 0.5) is 8.78 Å². The van der Waals surface area contributed by atoms with Crippen molar-refractivity contribution in [3.63, 3.8) is 0 Å². The number of methoxy groups -OCH3 is 2. The molecule has 2 aromatic carbocycles. The van der Waals surface area contributed by atoms with E-state index in [0.29, 0.717) is 11.1 Å². The first kappa shape index (κ1) is 30.4. The molecule has 2 aromatic rings. The topological polar surface area (TPSA) is 130 Å². The minimum absolute atomic E-state index is 0.128. The number of benzene rings is 2. The van der Waals surface area contributed by atoms with Gasteiger partial charge in [-0.05, 0) is 26.0 Å². The first-order chi connectivity index (χ1) is 17.2. The van der Waals surface area contributed by atoms with E-state index in [0.717, 1.165) is 12.1 Å². The molecule has 0 saturated heterocycles. The fourth-order valence-electron chi connectivity index (χ4n) is 2.68. The molecular formula is C24H30F2O10. The van der Waals surface area contributed by atoms with Crippen LogP contribution in [-0.2, 0) is 32.3 Å². The molecule has 2 N–H and O–H groups in total. The molecule has 0 aliphatic heterocycles. The monoisotopic (exact) mass is 516 g/mol. The van der Waals surface area contributed by atoms with Crippen molar-refractivity contribution in [3.8, 4) is 23.0 Å². The quantitative estimate of drug-likeness (QED) is 0.406. The summed E-state index contributed by atoms with van der Waals surface area (Å²) in [5.41, 5.74) is 0.608. The zero-order chi connectivity index (χ0) is 27.1. The van der Waals surface area contributed by atoms with Gasteiger partial charge in [-0.2, -0.15) is 0 Å². The van der Waals surface area contributed by atoms with Crippen LogP contribution in [0.1, 0.15) is 25.0 Å². The fraction of sp³-hybridized carbons (Fsp3) is 0.417. The summed E-state index contributed by atoms with van der Waals surface area (Å²) in [5, 5.41) is 18.0. The zero-order valence-electron chi connectivity index (χ0n) is 20.5. The molecule has 0 heterocycles.